The van der Waals surface area contributed by atoms with E-state index in [1.807, 2.05) is 42.5 Å². The van der Waals surface area contributed by atoms with Crippen LogP contribution >= 0.6 is 0 Å². The summed E-state index contributed by atoms with van der Waals surface area (Å²) in [6.07, 6.45) is 11.3. The van der Waals surface area contributed by atoms with Gasteiger partial charge in [-0.25, -0.2) is 0 Å². The van der Waals surface area contributed by atoms with E-state index in [9.17, 15) is 0 Å². The normalized spacial score (nSPS) is 16.9. The van der Waals surface area contributed by atoms with Crippen molar-refractivity contribution >= 4 is 11.4 Å². The number of benzene rings is 6. The lowest BCUT2D eigenvalue weighted by Gasteiger charge is -2.35. The molecular formula is C47H38N2. The van der Waals surface area contributed by atoms with Gasteiger partial charge in [0.2, 0.25) is 0 Å². The molecule has 8 rings (SSSR count). The largest absolute Gasteiger partial charge is 0.398 e. The Bertz CT molecular complexity index is 2240. The van der Waals surface area contributed by atoms with Gasteiger partial charge < -0.3 is 5.73 Å². The summed E-state index contributed by atoms with van der Waals surface area (Å²) in [7, 11) is 0. The summed E-state index contributed by atoms with van der Waals surface area (Å²) in [5.74, 6) is 0. The molecule has 2 aliphatic carbocycles. The van der Waals surface area contributed by atoms with Crippen LogP contribution in [0, 0.1) is 0 Å². The molecule has 2 aliphatic rings. The molecule has 2 heteroatoms. The van der Waals surface area contributed by atoms with E-state index in [1.54, 1.807) is 0 Å². The predicted octanol–water partition coefficient (Wildman–Crippen LogP) is 10.9. The number of nitrogens with zero attached hydrogens (tertiary/aromatic N) is 1. The van der Waals surface area contributed by atoms with Gasteiger partial charge in [-0.1, -0.05) is 170 Å². The first-order valence-corrected chi connectivity index (χ1v) is 17.1. The van der Waals surface area contributed by atoms with Crippen LogP contribution < -0.4 is 5.73 Å². The lowest BCUT2D eigenvalue weighted by Crippen LogP contribution is -2.29. The van der Waals surface area contributed by atoms with Crippen molar-refractivity contribution in [2.75, 3.05) is 0 Å². The molecule has 0 saturated carbocycles. The Kier molecular flexibility index (Phi) is 8.21. The van der Waals surface area contributed by atoms with E-state index in [0.29, 0.717) is 12.2 Å². The van der Waals surface area contributed by atoms with E-state index >= 15 is 0 Å². The van der Waals surface area contributed by atoms with E-state index in [-0.39, 0.29) is 0 Å². The Morgan fingerprint density at radius 1 is 0.633 bits per heavy atom. The number of fused-ring (bicyclic) bond motifs is 3. The van der Waals surface area contributed by atoms with Crippen molar-refractivity contribution in [1.82, 2.24) is 0 Å². The molecule has 1 atom stereocenters. The molecule has 6 aromatic rings. The summed E-state index contributed by atoms with van der Waals surface area (Å²) in [6.45, 7) is 0.565. The van der Waals surface area contributed by atoms with Gasteiger partial charge in [-0.3, -0.25) is 4.99 Å². The van der Waals surface area contributed by atoms with Gasteiger partial charge in [0.15, 0.2) is 0 Å². The van der Waals surface area contributed by atoms with Crippen molar-refractivity contribution < 1.29 is 0 Å². The van der Waals surface area contributed by atoms with Gasteiger partial charge in [-0.2, -0.15) is 0 Å². The molecule has 0 heterocycles. The van der Waals surface area contributed by atoms with Crippen LogP contribution in [0.25, 0.3) is 28.0 Å². The minimum Gasteiger partial charge on any atom is -0.398 e. The van der Waals surface area contributed by atoms with E-state index < -0.39 is 5.41 Å². The van der Waals surface area contributed by atoms with Crippen LogP contribution in [0.4, 0.5) is 0 Å². The topological polar surface area (TPSA) is 38.4 Å². The Hall–Kier alpha value is -5.99. The van der Waals surface area contributed by atoms with Crippen LogP contribution in [-0.4, -0.2) is 5.71 Å². The van der Waals surface area contributed by atoms with Crippen molar-refractivity contribution in [3.05, 3.63) is 221 Å². The molecule has 1 unspecified atom stereocenters. The maximum absolute atomic E-state index is 6.70. The molecule has 0 aromatic heterocycles. The summed E-state index contributed by atoms with van der Waals surface area (Å²) < 4.78 is 0. The molecule has 0 spiro atoms. The molecule has 49 heavy (non-hydrogen) atoms. The first-order chi connectivity index (χ1) is 24.2. The molecule has 0 aliphatic heterocycles. The Morgan fingerprint density at radius 3 is 2.06 bits per heavy atom. The quantitative estimate of drug-likeness (QED) is 0.167. The minimum atomic E-state index is -0.396. The second-order valence-corrected chi connectivity index (χ2v) is 12.8. The van der Waals surface area contributed by atoms with Gasteiger partial charge in [0.25, 0.3) is 0 Å². The van der Waals surface area contributed by atoms with Crippen molar-refractivity contribution in [3.8, 4) is 22.3 Å². The van der Waals surface area contributed by atoms with E-state index in [4.69, 9.17) is 10.7 Å². The van der Waals surface area contributed by atoms with Crippen LogP contribution in [0.1, 0.15) is 46.2 Å². The fourth-order valence-electron chi connectivity index (χ4n) is 7.62. The average Bonchev–Trinajstić information content (AvgIpc) is 3.49. The number of allylic oxidation sites excluding steroid dienone is 5. The highest BCUT2D eigenvalue weighted by Crippen LogP contribution is 2.59. The number of aliphatic imine (C=N–C) groups is 1. The number of rotatable bonds is 8. The molecule has 0 amide bonds. The van der Waals surface area contributed by atoms with Crippen LogP contribution in [0.15, 0.2) is 193 Å². The molecule has 2 nitrogen and oxygen atoms in total. The molecule has 0 radical (unpaired) electrons. The maximum atomic E-state index is 6.70. The van der Waals surface area contributed by atoms with Crippen LogP contribution in [0.3, 0.4) is 0 Å². The van der Waals surface area contributed by atoms with Crippen LogP contribution in [0.2, 0.25) is 0 Å². The predicted molar refractivity (Wildman–Crippen MR) is 205 cm³/mol. The molecule has 0 bridgehead atoms. The van der Waals surface area contributed by atoms with Gasteiger partial charge in [-0.05, 0) is 80.6 Å². The van der Waals surface area contributed by atoms with Crippen molar-refractivity contribution in [2.24, 2.45) is 10.7 Å². The second kappa shape index (κ2) is 13.3. The van der Waals surface area contributed by atoms with Gasteiger partial charge in [0.05, 0.1) is 17.7 Å². The summed E-state index contributed by atoms with van der Waals surface area (Å²) in [5.41, 5.74) is 21.3. The molecule has 0 saturated heterocycles. The molecule has 2 N–H and O–H groups in total. The van der Waals surface area contributed by atoms with Gasteiger partial charge >= 0.3 is 0 Å². The third kappa shape index (κ3) is 5.56. The number of nitrogens with two attached hydrogens (primary N) is 1. The standard InChI is InChI=1S/C47H38N2/c48-44(35-19-7-2-8-20-35)32-45(49-33-34-17-5-1-6-18-34)37-22-15-21-36(31-37)40-28-16-30-43-46(40)41-27-13-14-29-42(41)47(43,38-23-9-3-10-24-38)39-25-11-4-12-26-39/h1-3,5-11,13-32H,4,12,33,48H2/b44-32-,49-45+. The lowest BCUT2D eigenvalue weighted by molar-refractivity contribution is 0.751. The molecule has 6 aromatic carbocycles. The minimum absolute atomic E-state index is 0.396. The highest BCUT2D eigenvalue weighted by molar-refractivity contribution is 6.12. The van der Waals surface area contributed by atoms with Crippen LogP contribution in [0.5, 0.6) is 0 Å². The third-order valence-corrected chi connectivity index (χ3v) is 9.85. The summed E-state index contributed by atoms with van der Waals surface area (Å²) in [5, 5.41) is 0. The van der Waals surface area contributed by atoms with E-state index in [2.05, 4.69) is 140 Å². The zero-order valence-electron chi connectivity index (χ0n) is 27.5. The summed E-state index contributed by atoms with van der Waals surface area (Å²) in [4.78, 5) is 5.14. The lowest BCUT2D eigenvalue weighted by atomic mass is 9.66. The highest BCUT2D eigenvalue weighted by Gasteiger charge is 2.47. The maximum Gasteiger partial charge on any atom is 0.0710 e. The summed E-state index contributed by atoms with van der Waals surface area (Å²) in [6, 6.07) is 56.2. The monoisotopic (exact) mass is 630 g/mol. The number of hydrogen-bond acceptors (Lipinski definition) is 2. The van der Waals surface area contributed by atoms with Crippen LogP contribution in [-0.2, 0) is 12.0 Å². The van der Waals surface area contributed by atoms with Crippen molar-refractivity contribution in [1.29, 1.82) is 0 Å². The Balaban J connectivity index is 1.31. The zero-order chi connectivity index (χ0) is 33.0. The molecule has 236 valence electrons. The molecular weight excluding hydrogens is 593 g/mol. The fraction of sp³-hybridized carbons (Fsp3) is 0.0851. The zero-order valence-corrected chi connectivity index (χ0v) is 27.5. The van der Waals surface area contributed by atoms with Crippen molar-refractivity contribution in [3.63, 3.8) is 0 Å². The Labute approximate surface area is 289 Å². The smallest absolute Gasteiger partial charge is 0.0710 e. The number of hydrogen-bond donors (Lipinski definition) is 1. The highest BCUT2D eigenvalue weighted by atomic mass is 14.7. The first kappa shape index (κ1) is 30.4. The Morgan fingerprint density at radius 2 is 1.29 bits per heavy atom. The van der Waals surface area contributed by atoms with E-state index in [1.165, 1.54) is 39.0 Å². The molecule has 0 fully saturated rings. The fourth-order valence-corrected chi connectivity index (χ4v) is 7.62. The second-order valence-electron chi connectivity index (χ2n) is 12.8. The van der Waals surface area contributed by atoms with Crippen molar-refractivity contribution in [2.45, 2.75) is 24.8 Å². The third-order valence-electron chi connectivity index (χ3n) is 9.85. The summed E-state index contributed by atoms with van der Waals surface area (Å²) >= 11 is 0. The van der Waals surface area contributed by atoms with Gasteiger partial charge in [-0.15, -0.1) is 0 Å². The SMILES string of the molecule is N/C(=C\C(=N/Cc1ccccc1)c1cccc(-c2cccc3c2-c2ccccc2C3(C2=CCCC=C2)c2ccccc2)c1)c1ccccc1. The van der Waals surface area contributed by atoms with E-state index in [0.717, 1.165) is 40.8 Å². The first-order valence-electron chi connectivity index (χ1n) is 17.1. The average molecular weight is 631 g/mol. The van der Waals surface area contributed by atoms with Gasteiger partial charge in [0, 0.05) is 11.3 Å². The van der Waals surface area contributed by atoms with Gasteiger partial charge in [0.1, 0.15) is 0 Å².